The van der Waals surface area contributed by atoms with Crippen LogP contribution in [0.2, 0.25) is 5.15 Å². The molecule has 2 unspecified atom stereocenters. The summed E-state index contributed by atoms with van der Waals surface area (Å²) in [6.45, 7) is 0.0972. The number of amides is 2. The Bertz CT molecular complexity index is 648. The van der Waals surface area contributed by atoms with E-state index in [2.05, 4.69) is 4.98 Å². The smallest absolute Gasteiger partial charge is 0.308 e. The first-order valence-corrected chi connectivity index (χ1v) is 8.53. The van der Waals surface area contributed by atoms with Gasteiger partial charge in [-0.05, 0) is 12.8 Å². The number of imidazole rings is 1. The van der Waals surface area contributed by atoms with Gasteiger partial charge >= 0.3 is 5.97 Å². The van der Waals surface area contributed by atoms with E-state index in [0.29, 0.717) is 11.0 Å². The fourth-order valence-corrected chi connectivity index (χ4v) is 3.58. The third-order valence-electron chi connectivity index (χ3n) is 4.86. The second-order valence-electron chi connectivity index (χ2n) is 6.29. The van der Waals surface area contributed by atoms with Crippen LogP contribution >= 0.6 is 11.6 Å². The van der Waals surface area contributed by atoms with Gasteiger partial charge in [0.2, 0.25) is 11.8 Å². The van der Waals surface area contributed by atoms with Crippen LogP contribution in [0, 0.1) is 11.8 Å². The van der Waals surface area contributed by atoms with Gasteiger partial charge in [0.1, 0.15) is 17.6 Å². The van der Waals surface area contributed by atoms with Gasteiger partial charge in [-0.1, -0.05) is 24.4 Å². The van der Waals surface area contributed by atoms with Gasteiger partial charge in [-0.25, -0.2) is 4.98 Å². The number of ether oxygens (including phenoxy) is 1. The Hall–Kier alpha value is -1.89. The van der Waals surface area contributed by atoms with E-state index in [9.17, 15) is 14.4 Å². The van der Waals surface area contributed by atoms with Crippen molar-refractivity contribution in [1.82, 2.24) is 14.5 Å². The molecule has 1 aliphatic heterocycles. The van der Waals surface area contributed by atoms with Crippen molar-refractivity contribution in [3.05, 3.63) is 17.2 Å². The van der Waals surface area contributed by atoms with Crippen molar-refractivity contribution in [3.8, 4) is 0 Å². The fraction of sp³-hybridized carbons (Fsp3) is 0.625. The SMILES string of the molecule is Cn1c(Cl)cnc1COC(=O)CCN1C(=O)C2CCCCC2C1=O. The Morgan fingerprint density at radius 2 is 1.92 bits per heavy atom. The second-order valence-corrected chi connectivity index (χ2v) is 6.68. The molecule has 2 fully saturated rings. The van der Waals surface area contributed by atoms with Crippen molar-refractivity contribution in [1.29, 1.82) is 0 Å². The molecule has 0 bridgehead atoms. The molecule has 1 aromatic heterocycles. The highest BCUT2D eigenvalue weighted by molar-refractivity contribution is 6.29. The van der Waals surface area contributed by atoms with Crippen molar-refractivity contribution in [2.24, 2.45) is 18.9 Å². The van der Waals surface area contributed by atoms with Crippen LogP contribution in [-0.4, -0.2) is 38.8 Å². The summed E-state index contributed by atoms with van der Waals surface area (Å²) in [6, 6.07) is 0. The van der Waals surface area contributed by atoms with Gasteiger partial charge < -0.3 is 9.30 Å². The van der Waals surface area contributed by atoms with Crippen molar-refractivity contribution in [3.63, 3.8) is 0 Å². The van der Waals surface area contributed by atoms with Crippen LogP contribution in [0.15, 0.2) is 6.20 Å². The Morgan fingerprint density at radius 3 is 2.46 bits per heavy atom. The summed E-state index contributed by atoms with van der Waals surface area (Å²) in [7, 11) is 1.72. The highest BCUT2D eigenvalue weighted by Gasteiger charge is 2.47. The third kappa shape index (κ3) is 3.17. The zero-order valence-electron chi connectivity index (χ0n) is 13.5. The number of halogens is 1. The molecule has 8 heteroatoms. The fourth-order valence-electron chi connectivity index (χ4n) is 3.43. The van der Waals surface area contributed by atoms with E-state index in [0.717, 1.165) is 25.7 Å². The Balaban J connectivity index is 1.50. The maximum atomic E-state index is 12.3. The molecule has 0 radical (unpaired) electrons. The lowest BCUT2D eigenvalue weighted by atomic mass is 9.81. The standard InChI is InChI=1S/C16H20ClN3O4/c1-19-12(17)8-18-13(19)9-24-14(21)6-7-20-15(22)10-4-2-3-5-11(10)16(20)23/h8,10-11H,2-7,9H2,1H3. The van der Waals surface area contributed by atoms with Gasteiger partial charge in [0, 0.05) is 13.6 Å². The van der Waals surface area contributed by atoms with E-state index < -0.39 is 5.97 Å². The topological polar surface area (TPSA) is 81.5 Å². The maximum Gasteiger partial charge on any atom is 0.308 e. The predicted octanol–water partition coefficient (Wildman–Crippen LogP) is 1.68. The first-order chi connectivity index (χ1) is 11.5. The molecule has 2 heterocycles. The Labute approximate surface area is 144 Å². The van der Waals surface area contributed by atoms with Crippen LogP contribution in [0.25, 0.3) is 0 Å². The zero-order valence-corrected chi connectivity index (χ0v) is 14.3. The molecule has 1 saturated carbocycles. The van der Waals surface area contributed by atoms with Crippen molar-refractivity contribution in [2.75, 3.05) is 6.54 Å². The number of hydrogen-bond acceptors (Lipinski definition) is 5. The quantitative estimate of drug-likeness (QED) is 0.594. The average Bonchev–Trinajstić information content (AvgIpc) is 3.03. The van der Waals surface area contributed by atoms with Crippen LogP contribution < -0.4 is 0 Å². The van der Waals surface area contributed by atoms with Crippen LogP contribution in [-0.2, 0) is 32.8 Å². The zero-order chi connectivity index (χ0) is 17.3. The minimum absolute atomic E-state index is 0.00489. The summed E-state index contributed by atoms with van der Waals surface area (Å²) < 4.78 is 6.76. The molecular weight excluding hydrogens is 334 g/mol. The number of hydrogen-bond donors (Lipinski definition) is 0. The number of nitrogens with zero attached hydrogens (tertiary/aromatic N) is 3. The number of fused-ring (bicyclic) bond motifs is 1. The molecular formula is C16H20ClN3O4. The molecule has 0 N–H and O–H groups in total. The van der Waals surface area contributed by atoms with Crippen LogP contribution in [0.5, 0.6) is 0 Å². The van der Waals surface area contributed by atoms with Gasteiger partial charge in [-0.2, -0.15) is 0 Å². The number of imide groups is 1. The lowest BCUT2D eigenvalue weighted by Crippen LogP contribution is -2.33. The van der Waals surface area contributed by atoms with E-state index in [-0.39, 0.29) is 43.2 Å². The predicted molar refractivity (Wildman–Crippen MR) is 84.8 cm³/mol. The van der Waals surface area contributed by atoms with E-state index in [4.69, 9.17) is 16.3 Å². The van der Waals surface area contributed by atoms with Gasteiger partial charge in [0.25, 0.3) is 0 Å². The summed E-state index contributed by atoms with van der Waals surface area (Å²) >= 11 is 5.86. The Morgan fingerprint density at radius 1 is 1.29 bits per heavy atom. The summed E-state index contributed by atoms with van der Waals surface area (Å²) in [6.07, 6.45) is 5.00. The van der Waals surface area contributed by atoms with E-state index in [1.165, 1.54) is 11.1 Å². The molecule has 0 spiro atoms. The van der Waals surface area contributed by atoms with E-state index in [1.54, 1.807) is 11.6 Å². The third-order valence-corrected chi connectivity index (χ3v) is 5.21. The molecule has 7 nitrogen and oxygen atoms in total. The largest absolute Gasteiger partial charge is 0.457 e. The molecule has 1 saturated heterocycles. The van der Waals surface area contributed by atoms with E-state index >= 15 is 0 Å². The van der Waals surface area contributed by atoms with Crippen LogP contribution in [0.1, 0.15) is 37.9 Å². The number of rotatable bonds is 5. The Kier molecular flexibility index (Phi) is 4.89. The highest BCUT2D eigenvalue weighted by atomic mass is 35.5. The molecule has 130 valence electrons. The molecule has 2 aliphatic rings. The van der Waals surface area contributed by atoms with Crippen LogP contribution in [0.4, 0.5) is 0 Å². The minimum atomic E-state index is -0.468. The summed E-state index contributed by atoms with van der Waals surface area (Å²) in [5, 5.41) is 0.455. The molecule has 0 aromatic carbocycles. The lowest BCUT2D eigenvalue weighted by Gasteiger charge is -2.19. The molecule has 3 rings (SSSR count). The first-order valence-electron chi connectivity index (χ1n) is 8.16. The van der Waals surface area contributed by atoms with Gasteiger partial charge in [-0.3, -0.25) is 19.3 Å². The molecule has 2 amide bonds. The molecule has 24 heavy (non-hydrogen) atoms. The van der Waals surface area contributed by atoms with Crippen molar-refractivity contribution < 1.29 is 19.1 Å². The summed E-state index contributed by atoms with van der Waals surface area (Å²) in [5.41, 5.74) is 0. The van der Waals surface area contributed by atoms with Gasteiger partial charge in [0.05, 0.1) is 24.5 Å². The van der Waals surface area contributed by atoms with E-state index in [1.807, 2.05) is 0 Å². The number of likely N-dealkylation sites (tertiary alicyclic amines) is 1. The molecule has 1 aromatic rings. The monoisotopic (exact) mass is 353 g/mol. The number of carbonyl (C=O) groups is 3. The minimum Gasteiger partial charge on any atom is -0.457 e. The second kappa shape index (κ2) is 6.93. The van der Waals surface area contributed by atoms with Crippen molar-refractivity contribution in [2.45, 2.75) is 38.7 Å². The van der Waals surface area contributed by atoms with Crippen LogP contribution in [0.3, 0.4) is 0 Å². The summed E-state index contributed by atoms with van der Waals surface area (Å²) in [5.74, 6) is -0.562. The van der Waals surface area contributed by atoms with Gasteiger partial charge in [-0.15, -0.1) is 0 Å². The molecule has 1 aliphatic carbocycles. The molecule has 2 atom stereocenters. The maximum absolute atomic E-state index is 12.3. The number of aromatic nitrogens is 2. The number of carbonyl (C=O) groups excluding carboxylic acids is 3. The average molecular weight is 354 g/mol. The number of esters is 1. The van der Waals surface area contributed by atoms with Crippen molar-refractivity contribution >= 4 is 29.4 Å². The summed E-state index contributed by atoms with van der Waals surface area (Å²) in [4.78, 5) is 41.8. The first kappa shape index (κ1) is 17.0. The normalized spacial score (nSPS) is 23.5. The van der Waals surface area contributed by atoms with Gasteiger partial charge in [0.15, 0.2) is 0 Å². The highest BCUT2D eigenvalue weighted by Crippen LogP contribution is 2.37. The lowest BCUT2D eigenvalue weighted by molar-refractivity contribution is -0.147.